The van der Waals surface area contributed by atoms with Gasteiger partial charge in [-0.15, -0.1) is 0 Å². The first kappa shape index (κ1) is 24.1. The van der Waals surface area contributed by atoms with Crippen molar-refractivity contribution in [2.45, 2.75) is 20.8 Å². The van der Waals surface area contributed by atoms with Gasteiger partial charge in [-0.25, -0.2) is 4.79 Å². The van der Waals surface area contributed by atoms with Crippen molar-refractivity contribution in [3.05, 3.63) is 86.2 Å². The molecule has 0 fully saturated rings. The minimum absolute atomic E-state index is 0.0475. The number of methoxy groups -OCH3 is 1. The summed E-state index contributed by atoms with van der Waals surface area (Å²) in [5.41, 5.74) is 4.58. The zero-order chi connectivity index (χ0) is 24.3. The smallest absolute Gasteiger partial charge is 0.339 e. The highest BCUT2D eigenvalue weighted by Gasteiger charge is 2.17. The lowest BCUT2D eigenvalue weighted by Crippen LogP contribution is -2.14. The van der Waals surface area contributed by atoms with E-state index in [-0.39, 0.29) is 16.2 Å². The lowest BCUT2D eigenvalue weighted by atomic mass is 10.1. The highest BCUT2D eigenvalue weighted by molar-refractivity contribution is 6.33. The van der Waals surface area contributed by atoms with E-state index in [0.29, 0.717) is 16.3 Å². The maximum Gasteiger partial charge on any atom is 0.339 e. The molecule has 2 aromatic carbocycles. The third-order valence-electron chi connectivity index (χ3n) is 5.27. The number of nitrogens with one attached hydrogen (secondary N) is 1. The zero-order valence-corrected chi connectivity index (χ0v) is 20.0. The molecule has 0 unspecified atom stereocenters. The maximum absolute atomic E-state index is 12.7. The van der Waals surface area contributed by atoms with E-state index in [1.807, 2.05) is 30.6 Å². The molecule has 3 aromatic rings. The molecule has 0 spiro atoms. The minimum Gasteiger partial charge on any atom is -0.465 e. The molecule has 0 saturated heterocycles. The van der Waals surface area contributed by atoms with Crippen LogP contribution in [0.1, 0.15) is 32.9 Å². The number of ether oxygens (including phenoxy) is 1. The van der Waals surface area contributed by atoms with Gasteiger partial charge in [0.1, 0.15) is 11.6 Å². The number of benzene rings is 2. The molecule has 0 aliphatic heterocycles. The molecule has 1 N–H and O–H groups in total. The van der Waals surface area contributed by atoms with E-state index in [1.54, 1.807) is 49.4 Å². The van der Waals surface area contributed by atoms with Gasteiger partial charge in [-0.3, -0.25) is 4.79 Å². The summed E-state index contributed by atoms with van der Waals surface area (Å²) < 4.78 is 6.66. The van der Waals surface area contributed by atoms with E-state index in [9.17, 15) is 14.9 Å². The predicted octanol–water partition coefficient (Wildman–Crippen LogP) is 6.04. The maximum atomic E-state index is 12.7. The van der Waals surface area contributed by atoms with Crippen molar-refractivity contribution in [1.29, 1.82) is 5.26 Å². The van der Waals surface area contributed by atoms with Gasteiger partial charge in [0.05, 0.1) is 17.7 Å². The number of anilines is 1. The fourth-order valence-electron chi connectivity index (χ4n) is 3.49. The number of carbonyl (C=O) groups excluding carboxylic acids is 2. The number of aryl methyl sites for hydroxylation is 1. The Labute approximate surface area is 202 Å². The first-order valence-corrected chi connectivity index (χ1v) is 10.7. The van der Waals surface area contributed by atoms with Gasteiger partial charge in [0, 0.05) is 27.8 Å². The average Bonchev–Trinajstić information content (AvgIpc) is 3.07. The number of halogens is 2. The van der Waals surface area contributed by atoms with Crippen molar-refractivity contribution in [3.63, 3.8) is 0 Å². The molecule has 0 bridgehead atoms. The third kappa shape index (κ3) is 4.95. The molecule has 0 radical (unpaired) electrons. The Bertz CT molecular complexity index is 1330. The van der Waals surface area contributed by atoms with Crippen LogP contribution in [-0.2, 0) is 9.53 Å². The summed E-state index contributed by atoms with van der Waals surface area (Å²) in [4.78, 5) is 24.6. The first-order valence-electron chi connectivity index (χ1n) is 9.93. The first-order chi connectivity index (χ1) is 15.7. The second kappa shape index (κ2) is 9.95. The summed E-state index contributed by atoms with van der Waals surface area (Å²) >= 11 is 12.4. The molecule has 0 saturated carbocycles. The largest absolute Gasteiger partial charge is 0.465 e. The van der Waals surface area contributed by atoms with Gasteiger partial charge < -0.3 is 14.6 Å². The molecule has 8 heteroatoms. The summed E-state index contributed by atoms with van der Waals surface area (Å²) in [5, 5.41) is 13.1. The summed E-state index contributed by atoms with van der Waals surface area (Å²) in [6.45, 7) is 5.56. The average molecular weight is 482 g/mol. The van der Waals surface area contributed by atoms with Crippen LogP contribution >= 0.6 is 23.2 Å². The molecule has 0 atom stereocenters. The molecule has 3 rings (SSSR count). The van der Waals surface area contributed by atoms with Crippen LogP contribution in [0.4, 0.5) is 5.69 Å². The number of aromatic nitrogens is 1. The Morgan fingerprint density at radius 3 is 2.45 bits per heavy atom. The molecular formula is C25H21Cl2N3O3. The number of amides is 1. The summed E-state index contributed by atoms with van der Waals surface area (Å²) in [6, 6.07) is 14.0. The minimum atomic E-state index is -0.529. The quantitative estimate of drug-likeness (QED) is 0.273. The van der Waals surface area contributed by atoms with Crippen LogP contribution in [0.3, 0.4) is 0 Å². The monoisotopic (exact) mass is 481 g/mol. The van der Waals surface area contributed by atoms with Gasteiger partial charge in [0.25, 0.3) is 5.91 Å². The van der Waals surface area contributed by atoms with Crippen LogP contribution in [0, 0.1) is 32.1 Å². The molecule has 0 aliphatic carbocycles. The van der Waals surface area contributed by atoms with Gasteiger partial charge in [-0.1, -0.05) is 29.3 Å². The van der Waals surface area contributed by atoms with E-state index in [1.165, 1.54) is 7.11 Å². The van der Waals surface area contributed by atoms with Crippen LogP contribution < -0.4 is 5.32 Å². The summed E-state index contributed by atoms with van der Waals surface area (Å²) in [7, 11) is 1.29. The molecule has 0 aliphatic rings. The van der Waals surface area contributed by atoms with E-state index >= 15 is 0 Å². The van der Waals surface area contributed by atoms with Gasteiger partial charge in [-0.05, 0) is 74.4 Å². The SMILES string of the molecule is COC(=O)c1ccc(-n2c(C)cc(/C=C(/C#N)C(=O)Nc3cccc(Cl)c3C)c2C)cc1Cl. The molecule has 168 valence electrons. The Kier molecular flexibility index (Phi) is 7.27. The molecule has 1 amide bonds. The second-order valence-corrected chi connectivity index (χ2v) is 8.17. The second-order valence-electron chi connectivity index (χ2n) is 7.35. The highest BCUT2D eigenvalue weighted by atomic mass is 35.5. The molecule has 33 heavy (non-hydrogen) atoms. The Morgan fingerprint density at radius 2 is 1.82 bits per heavy atom. The summed E-state index contributed by atoms with van der Waals surface area (Å²) in [6.07, 6.45) is 1.54. The molecule has 6 nitrogen and oxygen atoms in total. The summed E-state index contributed by atoms with van der Waals surface area (Å²) in [5.74, 6) is -1.05. The van der Waals surface area contributed by atoms with Crippen LogP contribution in [0.5, 0.6) is 0 Å². The number of hydrogen-bond acceptors (Lipinski definition) is 4. The normalized spacial score (nSPS) is 11.1. The fourth-order valence-corrected chi connectivity index (χ4v) is 3.91. The van der Waals surface area contributed by atoms with Gasteiger partial charge in [0.2, 0.25) is 0 Å². The molecule has 1 aromatic heterocycles. The van der Waals surface area contributed by atoms with Gasteiger partial charge >= 0.3 is 5.97 Å². The van der Waals surface area contributed by atoms with Crippen molar-refractivity contribution in [3.8, 4) is 11.8 Å². The predicted molar refractivity (Wildman–Crippen MR) is 130 cm³/mol. The van der Waals surface area contributed by atoms with Crippen LogP contribution in [0.25, 0.3) is 11.8 Å². The highest BCUT2D eigenvalue weighted by Crippen LogP contribution is 2.27. The van der Waals surface area contributed by atoms with E-state index in [0.717, 1.165) is 22.6 Å². The number of nitrogens with zero attached hydrogens (tertiary/aromatic N) is 2. The Morgan fingerprint density at radius 1 is 1.09 bits per heavy atom. The topological polar surface area (TPSA) is 84.1 Å². The van der Waals surface area contributed by atoms with Gasteiger partial charge in [-0.2, -0.15) is 5.26 Å². The number of nitriles is 1. The Hall–Kier alpha value is -3.53. The lowest BCUT2D eigenvalue weighted by Gasteiger charge is -2.12. The number of hydrogen-bond donors (Lipinski definition) is 1. The van der Waals surface area contributed by atoms with Crippen molar-refractivity contribution in [1.82, 2.24) is 4.57 Å². The number of esters is 1. The standard InChI is InChI=1S/C25H21Cl2N3O3/c1-14-10-17(11-18(13-28)24(31)29-23-7-5-6-21(26)15(23)2)16(3)30(14)19-8-9-20(22(27)12-19)25(32)33-4/h5-12H,1-4H3,(H,29,31)/b18-11-. The zero-order valence-electron chi connectivity index (χ0n) is 18.5. The van der Waals surface area contributed by atoms with Crippen molar-refractivity contribution >= 4 is 46.8 Å². The van der Waals surface area contributed by atoms with E-state index < -0.39 is 11.9 Å². The van der Waals surface area contributed by atoms with Crippen molar-refractivity contribution < 1.29 is 14.3 Å². The van der Waals surface area contributed by atoms with Crippen LogP contribution in [0.2, 0.25) is 10.0 Å². The van der Waals surface area contributed by atoms with Crippen LogP contribution in [0.15, 0.2) is 48.0 Å². The molecular weight excluding hydrogens is 461 g/mol. The molecule has 1 heterocycles. The fraction of sp³-hybridized carbons (Fsp3) is 0.160. The number of carbonyl (C=O) groups is 2. The van der Waals surface area contributed by atoms with E-state index in [4.69, 9.17) is 27.9 Å². The lowest BCUT2D eigenvalue weighted by molar-refractivity contribution is -0.112. The van der Waals surface area contributed by atoms with Crippen LogP contribution in [-0.4, -0.2) is 23.6 Å². The van der Waals surface area contributed by atoms with E-state index in [2.05, 4.69) is 5.32 Å². The number of rotatable bonds is 5. The van der Waals surface area contributed by atoms with Crippen molar-refractivity contribution in [2.24, 2.45) is 0 Å². The third-order valence-corrected chi connectivity index (χ3v) is 5.99. The Balaban J connectivity index is 1.96. The van der Waals surface area contributed by atoms with Gasteiger partial charge in [0.15, 0.2) is 0 Å². The van der Waals surface area contributed by atoms with Crippen molar-refractivity contribution in [2.75, 3.05) is 12.4 Å².